The molecule has 1 heterocycles. The van der Waals surface area contributed by atoms with Crippen LogP contribution in [0.15, 0.2) is 58.5 Å². The molecule has 0 unspecified atom stereocenters. The van der Waals surface area contributed by atoms with E-state index in [0.29, 0.717) is 16.1 Å². The number of amides is 1. The molecule has 0 atom stereocenters. The van der Waals surface area contributed by atoms with Gasteiger partial charge in [0.15, 0.2) is 5.16 Å². The molecule has 122 valence electrons. The number of aryl methyl sites for hydroxylation is 1. The van der Waals surface area contributed by atoms with Crippen LogP contribution in [0.4, 0.5) is 5.69 Å². The van der Waals surface area contributed by atoms with Crippen molar-refractivity contribution in [3.8, 4) is 0 Å². The molecule has 0 saturated heterocycles. The monoisotopic (exact) mass is 339 g/mol. The van der Waals surface area contributed by atoms with Crippen molar-refractivity contribution in [1.29, 1.82) is 0 Å². The first-order valence-electron chi connectivity index (χ1n) is 7.49. The molecule has 0 bridgehead atoms. The maximum absolute atomic E-state index is 12.3. The SMILES string of the molecule is Cc1ccc(NC(=O)CSc2nc3ccccc3c(=O)n2C)cc1. The fourth-order valence-electron chi connectivity index (χ4n) is 2.29. The number of fused-ring (bicyclic) bond motifs is 1. The summed E-state index contributed by atoms with van der Waals surface area (Å²) in [5.41, 5.74) is 2.42. The van der Waals surface area contributed by atoms with Crippen LogP contribution in [0, 0.1) is 6.92 Å². The number of nitrogens with one attached hydrogen (secondary N) is 1. The lowest BCUT2D eigenvalue weighted by Crippen LogP contribution is -2.21. The number of hydrogen-bond acceptors (Lipinski definition) is 4. The number of nitrogens with zero attached hydrogens (tertiary/aromatic N) is 2. The summed E-state index contributed by atoms with van der Waals surface area (Å²) in [7, 11) is 1.67. The van der Waals surface area contributed by atoms with Crippen molar-refractivity contribution in [1.82, 2.24) is 9.55 Å². The fraction of sp³-hybridized carbons (Fsp3) is 0.167. The molecule has 1 amide bonds. The van der Waals surface area contributed by atoms with Crippen LogP contribution in [0.5, 0.6) is 0 Å². The van der Waals surface area contributed by atoms with Gasteiger partial charge in [0.05, 0.1) is 16.7 Å². The lowest BCUT2D eigenvalue weighted by molar-refractivity contribution is -0.113. The standard InChI is InChI=1S/C18H17N3O2S/c1-12-7-9-13(10-8-12)19-16(22)11-24-18-20-15-6-4-3-5-14(15)17(23)21(18)2/h3-10H,11H2,1-2H3,(H,19,22). The zero-order chi connectivity index (χ0) is 17.1. The first kappa shape index (κ1) is 16.3. The zero-order valence-corrected chi connectivity index (χ0v) is 14.3. The molecule has 24 heavy (non-hydrogen) atoms. The van der Waals surface area contributed by atoms with Crippen LogP contribution in [0.25, 0.3) is 10.9 Å². The normalized spacial score (nSPS) is 10.8. The summed E-state index contributed by atoms with van der Waals surface area (Å²) in [6, 6.07) is 14.8. The van der Waals surface area contributed by atoms with Gasteiger partial charge < -0.3 is 5.32 Å². The number of aromatic nitrogens is 2. The molecule has 0 radical (unpaired) electrons. The number of carbonyl (C=O) groups is 1. The lowest BCUT2D eigenvalue weighted by Gasteiger charge is -2.09. The molecular formula is C18H17N3O2S. The molecule has 0 fully saturated rings. The predicted molar refractivity (Wildman–Crippen MR) is 97.5 cm³/mol. The van der Waals surface area contributed by atoms with Crippen molar-refractivity contribution in [2.75, 3.05) is 11.1 Å². The highest BCUT2D eigenvalue weighted by atomic mass is 32.2. The Kier molecular flexibility index (Phi) is 4.66. The molecule has 0 saturated carbocycles. The molecule has 5 nitrogen and oxygen atoms in total. The van der Waals surface area contributed by atoms with Gasteiger partial charge in [-0.3, -0.25) is 14.2 Å². The quantitative estimate of drug-likeness (QED) is 0.586. The van der Waals surface area contributed by atoms with E-state index in [-0.39, 0.29) is 17.2 Å². The van der Waals surface area contributed by atoms with E-state index in [2.05, 4.69) is 10.3 Å². The van der Waals surface area contributed by atoms with Crippen LogP contribution >= 0.6 is 11.8 Å². The summed E-state index contributed by atoms with van der Waals surface area (Å²) in [5.74, 6) is 0.0539. The van der Waals surface area contributed by atoms with Gasteiger partial charge in [0.25, 0.3) is 5.56 Å². The molecule has 0 spiro atoms. The van der Waals surface area contributed by atoms with Crippen molar-refractivity contribution >= 4 is 34.3 Å². The third-order valence-corrected chi connectivity index (χ3v) is 4.64. The Balaban J connectivity index is 1.73. The summed E-state index contributed by atoms with van der Waals surface area (Å²) in [6.45, 7) is 1.99. The van der Waals surface area contributed by atoms with Crippen LogP contribution in [0.3, 0.4) is 0 Å². The minimum Gasteiger partial charge on any atom is -0.325 e. The largest absolute Gasteiger partial charge is 0.325 e. The topological polar surface area (TPSA) is 64.0 Å². The highest BCUT2D eigenvalue weighted by Gasteiger charge is 2.10. The Morgan fingerprint density at radius 1 is 1.17 bits per heavy atom. The van der Waals surface area contributed by atoms with Gasteiger partial charge in [0.1, 0.15) is 0 Å². The Hall–Kier alpha value is -2.60. The van der Waals surface area contributed by atoms with Gasteiger partial charge in [0.2, 0.25) is 5.91 Å². The molecule has 0 aliphatic heterocycles. The highest BCUT2D eigenvalue weighted by Crippen LogP contribution is 2.17. The zero-order valence-electron chi connectivity index (χ0n) is 13.4. The van der Waals surface area contributed by atoms with Gasteiger partial charge >= 0.3 is 0 Å². The molecule has 2 aromatic carbocycles. The molecule has 3 rings (SSSR count). The second kappa shape index (κ2) is 6.88. The van der Waals surface area contributed by atoms with E-state index in [1.165, 1.54) is 16.3 Å². The minimum absolute atomic E-state index is 0.109. The Morgan fingerprint density at radius 2 is 1.88 bits per heavy atom. The molecule has 0 aliphatic carbocycles. The van der Waals surface area contributed by atoms with Gasteiger partial charge in [-0.1, -0.05) is 41.6 Å². The van der Waals surface area contributed by atoms with E-state index >= 15 is 0 Å². The average molecular weight is 339 g/mol. The third-order valence-electron chi connectivity index (χ3n) is 3.61. The van der Waals surface area contributed by atoms with Gasteiger partial charge in [-0.05, 0) is 31.2 Å². The Labute approximate surface area is 143 Å². The van der Waals surface area contributed by atoms with Crippen LogP contribution < -0.4 is 10.9 Å². The minimum atomic E-state index is -0.133. The predicted octanol–water partition coefficient (Wildman–Crippen LogP) is 2.97. The summed E-state index contributed by atoms with van der Waals surface area (Å²) < 4.78 is 1.48. The van der Waals surface area contributed by atoms with E-state index in [4.69, 9.17) is 0 Å². The van der Waals surface area contributed by atoms with Crippen molar-refractivity contribution in [2.24, 2.45) is 7.05 Å². The van der Waals surface area contributed by atoms with Crippen LogP contribution in [0.2, 0.25) is 0 Å². The van der Waals surface area contributed by atoms with Crippen molar-refractivity contribution in [3.63, 3.8) is 0 Å². The smallest absolute Gasteiger partial charge is 0.261 e. The number of benzene rings is 2. The summed E-state index contributed by atoms with van der Waals surface area (Å²) in [5, 5.41) is 3.94. The van der Waals surface area contributed by atoms with Gasteiger partial charge in [-0.25, -0.2) is 4.98 Å². The third kappa shape index (κ3) is 3.49. The maximum Gasteiger partial charge on any atom is 0.261 e. The number of rotatable bonds is 4. The Morgan fingerprint density at radius 3 is 2.62 bits per heavy atom. The number of anilines is 1. The summed E-state index contributed by atoms with van der Waals surface area (Å²) in [4.78, 5) is 28.9. The molecule has 3 aromatic rings. The number of carbonyl (C=O) groups excluding carboxylic acids is 1. The van der Waals surface area contributed by atoms with Crippen molar-refractivity contribution in [2.45, 2.75) is 12.1 Å². The summed E-state index contributed by atoms with van der Waals surface area (Å²) >= 11 is 1.25. The maximum atomic E-state index is 12.3. The molecule has 6 heteroatoms. The number of para-hydroxylation sites is 1. The van der Waals surface area contributed by atoms with Crippen molar-refractivity contribution in [3.05, 3.63) is 64.4 Å². The van der Waals surface area contributed by atoms with Crippen molar-refractivity contribution < 1.29 is 4.79 Å². The molecular weight excluding hydrogens is 322 g/mol. The average Bonchev–Trinajstić information content (AvgIpc) is 2.59. The first-order chi connectivity index (χ1) is 11.5. The number of hydrogen-bond donors (Lipinski definition) is 1. The van der Waals surface area contributed by atoms with E-state index in [1.807, 2.05) is 43.3 Å². The second-order valence-corrected chi connectivity index (χ2v) is 6.42. The van der Waals surface area contributed by atoms with Crippen LogP contribution in [-0.2, 0) is 11.8 Å². The first-order valence-corrected chi connectivity index (χ1v) is 8.48. The molecule has 1 N–H and O–H groups in total. The lowest BCUT2D eigenvalue weighted by atomic mass is 10.2. The van der Waals surface area contributed by atoms with Gasteiger partial charge in [0, 0.05) is 12.7 Å². The summed E-state index contributed by atoms with van der Waals surface area (Å²) in [6.07, 6.45) is 0. The van der Waals surface area contributed by atoms with Gasteiger partial charge in [-0.15, -0.1) is 0 Å². The van der Waals surface area contributed by atoms with Crippen LogP contribution in [0.1, 0.15) is 5.56 Å². The van der Waals surface area contributed by atoms with Gasteiger partial charge in [-0.2, -0.15) is 0 Å². The molecule has 1 aromatic heterocycles. The molecule has 0 aliphatic rings. The number of thioether (sulfide) groups is 1. The second-order valence-electron chi connectivity index (χ2n) is 5.48. The van der Waals surface area contributed by atoms with E-state index in [1.54, 1.807) is 19.2 Å². The Bertz CT molecular complexity index is 949. The van der Waals surface area contributed by atoms with E-state index in [9.17, 15) is 9.59 Å². The highest BCUT2D eigenvalue weighted by molar-refractivity contribution is 7.99. The fourth-order valence-corrected chi connectivity index (χ4v) is 3.06. The van der Waals surface area contributed by atoms with E-state index < -0.39 is 0 Å². The van der Waals surface area contributed by atoms with E-state index in [0.717, 1.165) is 11.3 Å². The van der Waals surface area contributed by atoms with Crippen LogP contribution in [-0.4, -0.2) is 21.2 Å².